The van der Waals surface area contributed by atoms with Gasteiger partial charge >= 0.3 is 0 Å². The van der Waals surface area contributed by atoms with Crippen molar-refractivity contribution in [2.75, 3.05) is 23.7 Å². The van der Waals surface area contributed by atoms with Gasteiger partial charge in [0.25, 0.3) is 0 Å². The molecule has 0 aliphatic carbocycles. The lowest BCUT2D eigenvalue weighted by molar-refractivity contribution is 0.581. The van der Waals surface area contributed by atoms with Crippen molar-refractivity contribution in [3.8, 4) is 0 Å². The van der Waals surface area contributed by atoms with Crippen LogP contribution in [0.5, 0.6) is 0 Å². The monoisotopic (exact) mass is 238 g/mol. The van der Waals surface area contributed by atoms with Gasteiger partial charge in [-0.1, -0.05) is 20.8 Å². The van der Waals surface area contributed by atoms with Crippen LogP contribution in [0.15, 0.2) is 0 Å². The van der Waals surface area contributed by atoms with Crippen LogP contribution in [0.25, 0.3) is 0 Å². The number of aryl methyl sites for hydroxylation is 2. The topological polar surface area (TPSA) is 47.1 Å². The number of nitrogen functional groups attached to an aromatic ring is 1. The molecule has 1 rings (SSSR count). The number of aromatic nitrogens is 2. The Morgan fingerprint density at radius 1 is 1.12 bits per heavy atom. The molecule has 98 valence electrons. The molecule has 17 heavy (non-hydrogen) atoms. The van der Waals surface area contributed by atoms with E-state index in [0.717, 1.165) is 56.1 Å². The van der Waals surface area contributed by atoms with Crippen LogP contribution in [-0.4, -0.2) is 22.9 Å². The van der Waals surface area contributed by atoms with Crippen LogP contribution in [-0.2, 0) is 6.54 Å². The quantitative estimate of drug-likeness (QED) is 0.794. The van der Waals surface area contributed by atoms with Gasteiger partial charge in [0.15, 0.2) is 5.82 Å². The van der Waals surface area contributed by atoms with Gasteiger partial charge in [-0.2, -0.15) is 5.10 Å². The van der Waals surface area contributed by atoms with Gasteiger partial charge in [-0.25, -0.2) is 4.68 Å². The molecule has 0 spiro atoms. The molecule has 0 unspecified atom stereocenters. The average Bonchev–Trinajstić information content (AvgIpc) is 2.55. The molecule has 0 saturated carbocycles. The summed E-state index contributed by atoms with van der Waals surface area (Å²) >= 11 is 0. The van der Waals surface area contributed by atoms with Crippen LogP contribution in [0.4, 0.5) is 11.5 Å². The normalized spacial score (nSPS) is 10.8. The van der Waals surface area contributed by atoms with Crippen LogP contribution >= 0.6 is 0 Å². The smallest absolute Gasteiger partial charge is 0.150 e. The maximum atomic E-state index is 6.17. The average molecular weight is 238 g/mol. The summed E-state index contributed by atoms with van der Waals surface area (Å²) in [6, 6.07) is 0. The molecule has 1 aromatic heterocycles. The lowest BCUT2D eigenvalue weighted by Gasteiger charge is -2.25. The maximum Gasteiger partial charge on any atom is 0.150 e. The molecule has 0 atom stereocenters. The predicted octanol–water partition coefficient (Wildman–Crippen LogP) is 2.81. The Balaban J connectivity index is 3.05. The third kappa shape index (κ3) is 3.14. The van der Waals surface area contributed by atoms with Crippen molar-refractivity contribution < 1.29 is 0 Å². The highest BCUT2D eigenvalue weighted by atomic mass is 15.4. The van der Waals surface area contributed by atoms with E-state index >= 15 is 0 Å². The first-order valence-electron chi connectivity index (χ1n) is 6.73. The van der Waals surface area contributed by atoms with E-state index in [1.807, 2.05) is 6.92 Å². The fourth-order valence-corrected chi connectivity index (χ4v) is 2.15. The maximum absolute atomic E-state index is 6.17. The van der Waals surface area contributed by atoms with E-state index < -0.39 is 0 Å². The molecule has 0 aliphatic rings. The lowest BCUT2D eigenvalue weighted by Crippen LogP contribution is -2.28. The standard InChI is InChI=1S/C13H26N4/c1-5-8-16(9-6-2)13-12(14)11(4)15-17(13)10-7-3/h5-10,14H2,1-4H3. The molecule has 0 fully saturated rings. The molecule has 1 heterocycles. The second kappa shape index (κ2) is 6.52. The highest BCUT2D eigenvalue weighted by Crippen LogP contribution is 2.27. The Bertz CT molecular complexity index is 337. The zero-order valence-corrected chi connectivity index (χ0v) is 11.7. The summed E-state index contributed by atoms with van der Waals surface area (Å²) < 4.78 is 2.07. The summed E-state index contributed by atoms with van der Waals surface area (Å²) in [6.45, 7) is 11.6. The van der Waals surface area contributed by atoms with Crippen LogP contribution in [0.1, 0.15) is 45.7 Å². The first kappa shape index (κ1) is 13.9. The second-order valence-electron chi connectivity index (χ2n) is 4.53. The predicted molar refractivity (Wildman–Crippen MR) is 74.5 cm³/mol. The fourth-order valence-electron chi connectivity index (χ4n) is 2.15. The van der Waals surface area contributed by atoms with E-state index in [4.69, 9.17) is 5.73 Å². The minimum absolute atomic E-state index is 0.848. The summed E-state index contributed by atoms with van der Waals surface area (Å²) in [5, 5.41) is 4.54. The van der Waals surface area contributed by atoms with Gasteiger partial charge in [0.05, 0.1) is 11.4 Å². The fraction of sp³-hybridized carbons (Fsp3) is 0.769. The van der Waals surface area contributed by atoms with Crippen molar-refractivity contribution in [1.29, 1.82) is 0 Å². The molecule has 0 aromatic carbocycles. The van der Waals surface area contributed by atoms with E-state index in [1.165, 1.54) is 0 Å². The molecule has 1 aromatic rings. The highest BCUT2D eigenvalue weighted by molar-refractivity contribution is 5.66. The third-order valence-electron chi connectivity index (χ3n) is 2.87. The molecule has 4 heteroatoms. The van der Waals surface area contributed by atoms with Crippen molar-refractivity contribution >= 4 is 11.5 Å². The van der Waals surface area contributed by atoms with Crippen LogP contribution in [0.2, 0.25) is 0 Å². The largest absolute Gasteiger partial charge is 0.394 e. The van der Waals surface area contributed by atoms with Crippen molar-refractivity contribution in [1.82, 2.24) is 9.78 Å². The van der Waals surface area contributed by atoms with E-state index in [1.54, 1.807) is 0 Å². The minimum Gasteiger partial charge on any atom is -0.394 e. The zero-order chi connectivity index (χ0) is 12.8. The van der Waals surface area contributed by atoms with Gasteiger partial charge in [0.2, 0.25) is 0 Å². The number of hydrogen-bond donors (Lipinski definition) is 1. The number of hydrogen-bond acceptors (Lipinski definition) is 3. The molecular weight excluding hydrogens is 212 g/mol. The van der Waals surface area contributed by atoms with Crippen molar-refractivity contribution in [3.63, 3.8) is 0 Å². The molecule has 0 saturated heterocycles. The summed E-state index contributed by atoms with van der Waals surface area (Å²) in [7, 11) is 0. The van der Waals surface area contributed by atoms with E-state index in [9.17, 15) is 0 Å². The van der Waals surface area contributed by atoms with Gasteiger partial charge in [-0.15, -0.1) is 0 Å². The lowest BCUT2D eigenvalue weighted by atomic mass is 10.3. The van der Waals surface area contributed by atoms with E-state index in [2.05, 4.69) is 35.5 Å². The molecular formula is C13H26N4. The third-order valence-corrected chi connectivity index (χ3v) is 2.87. The highest BCUT2D eigenvalue weighted by Gasteiger charge is 2.17. The number of nitrogens with two attached hydrogens (primary N) is 1. The van der Waals surface area contributed by atoms with E-state index in [0.29, 0.717) is 0 Å². The van der Waals surface area contributed by atoms with Crippen molar-refractivity contribution in [2.45, 2.75) is 53.5 Å². The number of rotatable bonds is 7. The second-order valence-corrected chi connectivity index (χ2v) is 4.53. The van der Waals surface area contributed by atoms with E-state index in [-0.39, 0.29) is 0 Å². The van der Waals surface area contributed by atoms with Crippen molar-refractivity contribution in [2.24, 2.45) is 0 Å². The summed E-state index contributed by atoms with van der Waals surface area (Å²) in [5.74, 6) is 1.12. The molecule has 0 radical (unpaired) electrons. The molecule has 4 nitrogen and oxygen atoms in total. The summed E-state index contributed by atoms with van der Waals surface area (Å²) in [4.78, 5) is 2.37. The molecule has 2 N–H and O–H groups in total. The Labute approximate surface area is 105 Å². The summed E-state index contributed by atoms with van der Waals surface area (Å²) in [6.07, 6.45) is 3.35. The zero-order valence-electron chi connectivity index (χ0n) is 11.7. The van der Waals surface area contributed by atoms with Crippen LogP contribution in [0.3, 0.4) is 0 Å². The van der Waals surface area contributed by atoms with Gasteiger partial charge < -0.3 is 10.6 Å². The van der Waals surface area contributed by atoms with Gasteiger partial charge in [0.1, 0.15) is 0 Å². The van der Waals surface area contributed by atoms with Gasteiger partial charge in [0, 0.05) is 19.6 Å². The van der Waals surface area contributed by atoms with Crippen LogP contribution < -0.4 is 10.6 Å². The van der Waals surface area contributed by atoms with Gasteiger partial charge in [-0.05, 0) is 26.2 Å². The number of nitrogens with zero attached hydrogens (tertiary/aromatic N) is 3. The first-order chi connectivity index (χ1) is 8.15. The Kier molecular flexibility index (Phi) is 5.32. The molecule has 0 aliphatic heterocycles. The Morgan fingerprint density at radius 2 is 1.71 bits per heavy atom. The minimum atomic E-state index is 0.848. The SMILES string of the molecule is CCCN(CCC)c1c(N)c(C)nn1CCC. The number of anilines is 2. The van der Waals surface area contributed by atoms with Crippen molar-refractivity contribution in [3.05, 3.63) is 5.69 Å². The van der Waals surface area contributed by atoms with Crippen LogP contribution in [0, 0.1) is 6.92 Å². The molecule has 0 bridgehead atoms. The molecule has 0 amide bonds. The first-order valence-corrected chi connectivity index (χ1v) is 6.73. The van der Waals surface area contributed by atoms with Gasteiger partial charge in [-0.3, -0.25) is 0 Å². The summed E-state index contributed by atoms with van der Waals surface area (Å²) in [5.41, 5.74) is 7.97. The Hall–Kier alpha value is -1.19. The Morgan fingerprint density at radius 3 is 2.18 bits per heavy atom.